The molecule has 29 heavy (non-hydrogen) atoms. The van der Waals surface area contributed by atoms with Crippen LogP contribution in [0, 0.1) is 17.8 Å². The zero-order valence-corrected chi connectivity index (χ0v) is 16.4. The van der Waals surface area contributed by atoms with Crippen molar-refractivity contribution in [3.05, 3.63) is 23.8 Å². The van der Waals surface area contributed by atoms with Crippen LogP contribution in [0.15, 0.2) is 18.2 Å². The Bertz CT molecular complexity index is 887. The van der Waals surface area contributed by atoms with Crippen molar-refractivity contribution in [1.29, 1.82) is 0 Å². The molecule has 4 atom stereocenters. The van der Waals surface area contributed by atoms with Crippen molar-refractivity contribution in [2.24, 2.45) is 17.8 Å². The fourth-order valence-electron chi connectivity index (χ4n) is 5.48. The molecule has 1 spiro atoms. The van der Waals surface area contributed by atoms with Gasteiger partial charge in [0.15, 0.2) is 5.72 Å². The number of hydrogen-bond donors (Lipinski definition) is 2. The number of nitrogens with zero attached hydrogens (tertiary/aromatic N) is 1. The first-order valence-electron chi connectivity index (χ1n) is 10.2. The van der Waals surface area contributed by atoms with Crippen molar-refractivity contribution in [2.45, 2.75) is 31.4 Å². The number of nitrogens with one attached hydrogen (secondary N) is 2. The molecule has 3 amide bonds. The van der Waals surface area contributed by atoms with Crippen LogP contribution in [0.4, 0.5) is 0 Å². The molecule has 0 aromatic heterocycles. The molecule has 8 heteroatoms. The third kappa shape index (κ3) is 2.92. The van der Waals surface area contributed by atoms with Gasteiger partial charge in [-0.1, -0.05) is 0 Å². The van der Waals surface area contributed by atoms with E-state index in [0.717, 1.165) is 12.8 Å². The van der Waals surface area contributed by atoms with Gasteiger partial charge in [-0.3, -0.25) is 14.4 Å². The summed E-state index contributed by atoms with van der Waals surface area (Å²) >= 11 is 0. The van der Waals surface area contributed by atoms with Crippen LogP contribution in [0.1, 0.15) is 36.0 Å². The first kappa shape index (κ1) is 18.3. The Kier molecular flexibility index (Phi) is 4.18. The third-order valence-corrected chi connectivity index (χ3v) is 6.94. The van der Waals surface area contributed by atoms with Crippen LogP contribution >= 0.6 is 0 Å². The molecule has 3 aliphatic carbocycles. The zero-order chi connectivity index (χ0) is 20.2. The second kappa shape index (κ2) is 6.64. The molecule has 154 valence electrons. The number of piperazine rings is 1. The van der Waals surface area contributed by atoms with Gasteiger partial charge in [-0.25, -0.2) is 0 Å². The van der Waals surface area contributed by atoms with Gasteiger partial charge in [0, 0.05) is 37.4 Å². The molecule has 2 N–H and O–H groups in total. The summed E-state index contributed by atoms with van der Waals surface area (Å²) in [5.41, 5.74) is -0.264. The topological polar surface area (TPSA) is 97.0 Å². The van der Waals surface area contributed by atoms with Gasteiger partial charge in [-0.15, -0.1) is 0 Å². The highest BCUT2D eigenvalue weighted by atomic mass is 16.5. The molecule has 6 rings (SSSR count). The zero-order valence-electron chi connectivity index (χ0n) is 16.4. The van der Waals surface area contributed by atoms with E-state index in [2.05, 4.69) is 10.6 Å². The minimum Gasteiger partial charge on any atom is -0.497 e. The summed E-state index contributed by atoms with van der Waals surface area (Å²) in [5.74, 6) is 1.08. The Morgan fingerprint density at radius 1 is 1.31 bits per heavy atom. The van der Waals surface area contributed by atoms with Crippen molar-refractivity contribution in [1.82, 2.24) is 15.5 Å². The van der Waals surface area contributed by atoms with Crippen LogP contribution in [-0.4, -0.2) is 55.1 Å². The predicted octanol–water partition coefficient (Wildman–Crippen LogP) is 0.908. The summed E-state index contributed by atoms with van der Waals surface area (Å²) in [5, 5.41) is 5.88. The maximum Gasteiger partial charge on any atom is 0.258 e. The number of carbonyl (C=O) groups excluding carboxylic acids is 3. The smallest absolute Gasteiger partial charge is 0.258 e. The summed E-state index contributed by atoms with van der Waals surface area (Å²) in [4.78, 5) is 39.3. The molecular formula is C21H25N3O5. The van der Waals surface area contributed by atoms with Crippen LogP contribution in [0.2, 0.25) is 0 Å². The SMILES string of the molecule is COc1ccc2c(c1)O[C@]1(C[C@H]3CC[C@H]1C[C@@H]3C(=O)N1CCNC(=O)C1)NC2=O. The van der Waals surface area contributed by atoms with Crippen molar-refractivity contribution in [3.8, 4) is 11.5 Å². The molecule has 0 radical (unpaired) electrons. The summed E-state index contributed by atoms with van der Waals surface area (Å²) in [6.07, 6.45) is 3.12. The molecule has 3 saturated carbocycles. The number of fused-ring (bicyclic) bond motifs is 3. The predicted molar refractivity (Wildman–Crippen MR) is 102 cm³/mol. The largest absolute Gasteiger partial charge is 0.497 e. The summed E-state index contributed by atoms with van der Waals surface area (Å²) in [6.45, 7) is 1.20. The van der Waals surface area contributed by atoms with Gasteiger partial charge in [-0.05, 0) is 37.3 Å². The molecule has 0 unspecified atom stereocenters. The minimum atomic E-state index is -0.768. The number of carbonyl (C=O) groups is 3. The quantitative estimate of drug-likeness (QED) is 0.771. The second-order valence-corrected chi connectivity index (χ2v) is 8.50. The maximum atomic E-state index is 13.1. The minimum absolute atomic E-state index is 0.0587. The van der Waals surface area contributed by atoms with Gasteiger partial charge >= 0.3 is 0 Å². The molecule has 8 nitrogen and oxygen atoms in total. The molecule has 5 aliphatic rings. The van der Waals surface area contributed by atoms with Crippen molar-refractivity contribution >= 4 is 17.7 Å². The fourth-order valence-corrected chi connectivity index (χ4v) is 5.48. The fraction of sp³-hybridized carbons (Fsp3) is 0.571. The highest BCUT2D eigenvalue weighted by molar-refractivity contribution is 5.98. The lowest BCUT2D eigenvalue weighted by Crippen LogP contribution is -2.67. The molecule has 1 aromatic carbocycles. The Labute approximate surface area is 168 Å². The van der Waals surface area contributed by atoms with E-state index in [4.69, 9.17) is 9.47 Å². The van der Waals surface area contributed by atoms with Crippen LogP contribution < -0.4 is 20.1 Å². The van der Waals surface area contributed by atoms with Crippen LogP contribution in [0.3, 0.4) is 0 Å². The molecule has 2 heterocycles. The van der Waals surface area contributed by atoms with Gasteiger partial charge in [0.25, 0.3) is 5.91 Å². The van der Waals surface area contributed by atoms with Crippen molar-refractivity contribution < 1.29 is 23.9 Å². The van der Waals surface area contributed by atoms with E-state index in [-0.39, 0.29) is 42.0 Å². The normalized spacial score (nSPS) is 32.9. The van der Waals surface area contributed by atoms with Crippen LogP contribution in [0.5, 0.6) is 11.5 Å². The molecule has 2 bridgehead atoms. The van der Waals surface area contributed by atoms with E-state index in [1.807, 2.05) is 0 Å². The van der Waals surface area contributed by atoms with Crippen molar-refractivity contribution in [3.63, 3.8) is 0 Å². The van der Waals surface area contributed by atoms with E-state index < -0.39 is 5.72 Å². The average molecular weight is 399 g/mol. The average Bonchev–Trinajstić information content (AvgIpc) is 2.73. The van der Waals surface area contributed by atoms with Gasteiger partial charge in [0.2, 0.25) is 11.8 Å². The number of amides is 3. The lowest BCUT2D eigenvalue weighted by Gasteiger charge is -2.55. The Morgan fingerprint density at radius 2 is 2.17 bits per heavy atom. The number of benzene rings is 1. The van der Waals surface area contributed by atoms with E-state index in [1.54, 1.807) is 30.2 Å². The summed E-state index contributed by atoms with van der Waals surface area (Å²) in [7, 11) is 1.58. The highest BCUT2D eigenvalue weighted by Gasteiger charge is 2.57. The van der Waals surface area contributed by atoms with E-state index >= 15 is 0 Å². The van der Waals surface area contributed by atoms with E-state index in [9.17, 15) is 14.4 Å². The highest BCUT2D eigenvalue weighted by Crippen LogP contribution is 2.53. The van der Waals surface area contributed by atoms with Gasteiger partial charge in [0.1, 0.15) is 11.5 Å². The van der Waals surface area contributed by atoms with Gasteiger partial charge < -0.3 is 25.0 Å². The number of rotatable bonds is 2. The third-order valence-electron chi connectivity index (χ3n) is 6.94. The summed E-state index contributed by atoms with van der Waals surface area (Å²) in [6, 6.07) is 5.22. The van der Waals surface area contributed by atoms with E-state index in [0.29, 0.717) is 43.0 Å². The second-order valence-electron chi connectivity index (χ2n) is 8.50. The lowest BCUT2D eigenvalue weighted by atomic mass is 9.59. The first-order chi connectivity index (χ1) is 14.0. The van der Waals surface area contributed by atoms with Gasteiger partial charge in [0.05, 0.1) is 19.2 Å². The molecule has 4 fully saturated rings. The number of methoxy groups -OCH3 is 1. The number of hydrogen-bond acceptors (Lipinski definition) is 5. The van der Waals surface area contributed by atoms with Crippen LogP contribution in [0.25, 0.3) is 0 Å². The Hall–Kier alpha value is -2.77. The first-order valence-corrected chi connectivity index (χ1v) is 10.2. The lowest BCUT2D eigenvalue weighted by molar-refractivity contribution is -0.158. The Morgan fingerprint density at radius 3 is 2.90 bits per heavy atom. The van der Waals surface area contributed by atoms with Gasteiger partial charge in [-0.2, -0.15) is 0 Å². The summed E-state index contributed by atoms with van der Waals surface area (Å²) < 4.78 is 11.7. The molecule has 1 saturated heterocycles. The standard InChI is InChI=1S/C21H25N3O5/c1-28-14-4-5-15-17(9-14)29-21(23-19(15)26)10-12-2-3-13(21)8-16(12)20(27)24-7-6-22-18(25)11-24/h4-5,9,12-13,16H,2-3,6-8,10-11H2,1H3,(H,22,25)(H,23,26)/t12-,13+,16+,21+/m1/s1. The molecular weight excluding hydrogens is 374 g/mol. The number of ether oxygens (including phenoxy) is 2. The Balaban J connectivity index is 1.38. The van der Waals surface area contributed by atoms with E-state index in [1.165, 1.54) is 0 Å². The maximum absolute atomic E-state index is 13.1. The molecule has 2 aliphatic heterocycles. The van der Waals surface area contributed by atoms with Crippen molar-refractivity contribution in [2.75, 3.05) is 26.7 Å². The van der Waals surface area contributed by atoms with Crippen LogP contribution in [-0.2, 0) is 9.59 Å². The molecule has 1 aromatic rings. The monoisotopic (exact) mass is 399 g/mol.